The number of nitrogen functional groups attached to an aromatic ring is 2. The van der Waals surface area contributed by atoms with Crippen LogP contribution in [0.2, 0.25) is 0 Å². The van der Waals surface area contributed by atoms with Crippen molar-refractivity contribution in [3.8, 4) is 0 Å². The normalized spacial score (nSPS) is 24.1. The van der Waals surface area contributed by atoms with Crippen LogP contribution in [0.25, 0.3) is 0 Å². The third-order valence-corrected chi connectivity index (χ3v) is 5.72. The molecule has 6 heteroatoms. The van der Waals surface area contributed by atoms with E-state index in [0.717, 1.165) is 32.0 Å². The zero-order chi connectivity index (χ0) is 18.0. The van der Waals surface area contributed by atoms with E-state index in [1.807, 2.05) is 6.07 Å². The number of nitrogens with two attached hydrogens (primary N) is 2. The number of rotatable bonds is 3. The maximum Gasteiger partial charge on any atom is 0.223 e. The molecule has 0 saturated carbocycles. The fourth-order valence-electron chi connectivity index (χ4n) is 4.66. The highest BCUT2D eigenvalue weighted by Crippen LogP contribution is 2.40. The first-order chi connectivity index (χ1) is 12.6. The van der Waals surface area contributed by atoms with Crippen molar-refractivity contribution < 1.29 is 0 Å². The van der Waals surface area contributed by atoms with Crippen LogP contribution in [-0.2, 0) is 6.54 Å². The molecule has 138 valence electrons. The van der Waals surface area contributed by atoms with Crippen LogP contribution in [0.4, 0.5) is 17.6 Å². The largest absolute Gasteiger partial charge is 0.383 e. The van der Waals surface area contributed by atoms with Crippen LogP contribution in [0.1, 0.15) is 31.2 Å². The first-order valence-corrected chi connectivity index (χ1v) is 9.53. The van der Waals surface area contributed by atoms with Gasteiger partial charge in [-0.25, -0.2) is 0 Å². The van der Waals surface area contributed by atoms with Gasteiger partial charge in [0.15, 0.2) is 0 Å². The van der Waals surface area contributed by atoms with E-state index in [2.05, 4.69) is 50.1 Å². The third-order valence-electron chi connectivity index (χ3n) is 5.72. The predicted molar refractivity (Wildman–Crippen MR) is 106 cm³/mol. The van der Waals surface area contributed by atoms with Crippen molar-refractivity contribution in [2.45, 2.75) is 32.2 Å². The average Bonchev–Trinajstić information content (AvgIpc) is 2.62. The molecule has 3 heterocycles. The smallest absolute Gasteiger partial charge is 0.223 e. The van der Waals surface area contributed by atoms with E-state index in [1.54, 1.807) is 0 Å². The first kappa shape index (κ1) is 17.1. The van der Waals surface area contributed by atoms with Gasteiger partial charge >= 0.3 is 0 Å². The monoisotopic (exact) mass is 352 g/mol. The van der Waals surface area contributed by atoms with Crippen molar-refractivity contribution in [1.82, 2.24) is 14.9 Å². The summed E-state index contributed by atoms with van der Waals surface area (Å²) in [7, 11) is 0. The number of piperidine rings is 2. The summed E-state index contributed by atoms with van der Waals surface area (Å²) in [5, 5.41) is 0. The number of aromatic nitrogens is 2. The molecule has 2 fully saturated rings. The number of nitrogens with zero attached hydrogens (tertiary/aromatic N) is 4. The van der Waals surface area contributed by atoms with E-state index in [1.165, 1.54) is 37.8 Å². The molecule has 1 spiro atoms. The van der Waals surface area contributed by atoms with Crippen molar-refractivity contribution in [2.75, 3.05) is 42.5 Å². The molecule has 1 aromatic heterocycles. The molecular weight excluding hydrogens is 324 g/mol. The standard InChI is InChI=1S/C20H28N6/c21-17-12-18(24-19(22)23-17)26-11-5-9-20(15-26)8-4-10-25(14-20)13-16-6-2-1-3-7-16/h1-3,6-7,12H,4-5,8-11,13-15H2,(H4,21,22,23,24)/t20-/m0/s1. The molecule has 2 aromatic rings. The second-order valence-electron chi connectivity index (χ2n) is 7.83. The Morgan fingerprint density at radius 2 is 1.73 bits per heavy atom. The minimum absolute atomic E-state index is 0.258. The summed E-state index contributed by atoms with van der Waals surface area (Å²) in [6.45, 7) is 5.40. The van der Waals surface area contributed by atoms with Gasteiger partial charge in [-0.1, -0.05) is 30.3 Å². The van der Waals surface area contributed by atoms with E-state index in [0.29, 0.717) is 11.2 Å². The van der Waals surface area contributed by atoms with Gasteiger partial charge in [-0.15, -0.1) is 0 Å². The number of benzene rings is 1. The molecule has 2 saturated heterocycles. The van der Waals surface area contributed by atoms with Gasteiger partial charge in [-0.2, -0.15) is 9.97 Å². The highest BCUT2D eigenvalue weighted by molar-refractivity contribution is 5.50. The van der Waals surface area contributed by atoms with E-state index >= 15 is 0 Å². The quantitative estimate of drug-likeness (QED) is 0.883. The van der Waals surface area contributed by atoms with Crippen molar-refractivity contribution in [3.05, 3.63) is 42.0 Å². The Morgan fingerprint density at radius 3 is 2.50 bits per heavy atom. The van der Waals surface area contributed by atoms with Gasteiger partial charge in [0.2, 0.25) is 5.95 Å². The van der Waals surface area contributed by atoms with Gasteiger partial charge in [-0.05, 0) is 37.8 Å². The fourth-order valence-corrected chi connectivity index (χ4v) is 4.66. The maximum atomic E-state index is 5.88. The molecule has 6 nitrogen and oxygen atoms in total. The maximum absolute atomic E-state index is 5.88. The van der Waals surface area contributed by atoms with Crippen LogP contribution < -0.4 is 16.4 Å². The van der Waals surface area contributed by atoms with Crippen molar-refractivity contribution in [2.24, 2.45) is 5.41 Å². The van der Waals surface area contributed by atoms with Gasteiger partial charge < -0.3 is 16.4 Å². The Morgan fingerprint density at radius 1 is 0.962 bits per heavy atom. The molecule has 2 aliphatic rings. The zero-order valence-corrected chi connectivity index (χ0v) is 15.3. The summed E-state index contributed by atoms with van der Waals surface area (Å²) in [5.41, 5.74) is 13.4. The van der Waals surface area contributed by atoms with E-state index < -0.39 is 0 Å². The Hall–Kier alpha value is -2.34. The Bertz CT molecular complexity index is 725. The van der Waals surface area contributed by atoms with Crippen LogP contribution in [0, 0.1) is 5.41 Å². The highest BCUT2D eigenvalue weighted by atomic mass is 15.2. The summed E-state index contributed by atoms with van der Waals surface area (Å²) in [5.74, 6) is 1.57. The van der Waals surface area contributed by atoms with Crippen LogP contribution >= 0.6 is 0 Å². The van der Waals surface area contributed by atoms with Gasteiger partial charge in [0.1, 0.15) is 11.6 Å². The molecule has 4 N–H and O–H groups in total. The average molecular weight is 352 g/mol. The fraction of sp³-hybridized carbons (Fsp3) is 0.500. The molecule has 1 atom stereocenters. The minimum Gasteiger partial charge on any atom is -0.383 e. The number of anilines is 3. The van der Waals surface area contributed by atoms with Crippen molar-refractivity contribution in [1.29, 1.82) is 0 Å². The summed E-state index contributed by atoms with van der Waals surface area (Å²) in [6.07, 6.45) is 5.01. The van der Waals surface area contributed by atoms with E-state index in [-0.39, 0.29) is 5.95 Å². The SMILES string of the molecule is Nc1cc(N2CCC[C@]3(CCCN(Cc4ccccc4)C3)C2)nc(N)n1. The lowest BCUT2D eigenvalue weighted by atomic mass is 9.73. The molecule has 0 amide bonds. The topological polar surface area (TPSA) is 84.3 Å². The van der Waals surface area contributed by atoms with Crippen molar-refractivity contribution >= 4 is 17.6 Å². The van der Waals surface area contributed by atoms with Gasteiger partial charge in [0.25, 0.3) is 0 Å². The summed E-state index contributed by atoms with van der Waals surface area (Å²) in [4.78, 5) is 13.4. The first-order valence-electron chi connectivity index (χ1n) is 9.53. The lowest BCUT2D eigenvalue weighted by molar-refractivity contribution is 0.0683. The Balaban J connectivity index is 1.48. The zero-order valence-electron chi connectivity index (χ0n) is 15.3. The lowest BCUT2D eigenvalue weighted by Gasteiger charge is -2.49. The summed E-state index contributed by atoms with van der Waals surface area (Å²) in [6, 6.07) is 12.6. The number of hydrogen-bond donors (Lipinski definition) is 2. The summed E-state index contributed by atoms with van der Waals surface area (Å²) < 4.78 is 0. The molecule has 0 bridgehead atoms. The second kappa shape index (κ2) is 7.11. The third kappa shape index (κ3) is 3.75. The molecule has 0 unspecified atom stereocenters. The number of hydrogen-bond acceptors (Lipinski definition) is 6. The van der Waals surface area contributed by atoms with Crippen LogP contribution in [-0.4, -0.2) is 41.0 Å². The number of likely N-dealkylation sites (tertiary alicyclic amines) is 1. The molecule has 26 heavy (non-hydrogen) atoms. The van der Waals surface area contributed by atoms with Gasteiger partial charge in [-0.3, -0.25) is 4.90 Å². The van der Waals surface area contributed by atoms with Gasteiger partial charge in [0, 0.05) is 37.7 Å². The molecule has 1 aromatic carbocycles. The van der Waals surface area contributed by atoms with E-state index in [4.69, 9.17) is 11.5 Å². The Labute approximate surface area is 155 Å². The molecular formula is C20H28N6. The minimum atomic E-state index is 0.258. The highest BCUT2D eigenvalue weighted by Gasteiger charge is 2.39. The molecule has 0 radical (unpaired) electrons. The van der Waals surface area contributed by atoms with Crippen LogP contribution in [0.5, 0.6) is 0 Å². The summed E-state index contributed by atoms with van der Waals surface area (Å²) >= 11 is 0. The van der Waals surface area contributed by atoms with Crippen LogP contribution in [0.3, 0.4) is 0 Å². The Kier molecular flexibility index (Phi) is 4.68. The molecule has 0 aliphatic carbocycles. The molecule has 4 rings (SSSR count). The van der Waals surface area contributed by atoms with E-state index in [9.17, 15) is 0 Å². The lowest BCUT2D eigenvalue weighted by Crippen LogP contribution is -2.52. The predicted octanol–water partition coefficient (Wildman–Crippen LogP) is 2.52. The van der Waals surface area contributed by atoms with Gasteiger partial charge in [0.05, 0.1) is 0 Å². The molecule has 2 aliphatic heterocycles. The van der Waals surface area contributed by atoms with Crippen molar-refractivity contribution in [3.63, 3.8) is 0 Å². The van der Waals surface area contributed by atoms with Crippen LogP contribution in [0.15, 0.2) is 36.4 Å². The second-order valence-corrected chi connectivity index (χ2v) is 7.83.